The van der Waals surface area contributed by atoms with Gasteiger partial charge in [0.1, 0.15) is 0 Å². The van der Waals surface area contributed by atoms with Crippen LogP contribution in [0.4, 0.5) is 10.2 Å². The summed E-state index contributed by atoms with van der Waals surface area (Å²) >= 11 is 7.58. The second kappa shape index (κ2) is 6.37. The molecule has 0 atom stereocenters. The Morgan fingerprint density at radius 3 is 3.00 bits per heavy atom. The summed E-state index contributed by atoms with van der Waals surface area (Å²) in [5, 5.41) is 3.00. The zero-order valence-electron chi connectivity index (χ0n) is 9.33. The maximum atomic E-state index is 13.3. The molecule has 1 aromatic rings. The highest BCUT2D eigenvalue weighted by Gasteiger charge is 2.10. The molecule has 0 bridgehead atoms. The number of nitrogens with one attached hydrogen (secondary N) is 1. The zero-order valence-corrected chi connectivity index (χ0v) is 10.9. The van der Waals surface area contributed by atoms with Crippen molar-refractivity contribution in [1.82, 2.24) is 14.9 Å². The average molecular weight is 277 g/mol. The minimum absolute atomic E-state index is 0.0586. The predicted octanol–water partition coefficient (Wildman–Crippen LogP) is 1.73. The largest absolute Gasteiger partial charge is 0.366 e. The molecule has 0 aromatic carbocycles. The van der Waals surface area contributed by atoms with E-state index in [-0.39, 0.29) is 11.1 Å². The third kappa shape index (κ3) is 3.97. The zero-order chi connectivity index (χ0) is 12.1. The lowest BCUT2D eigenvalue weighted by Crippen LogP contribution is -2.36. The van der Waals surface area contributed by atoms with Crippen molar-refractivity contribution in [2.75, 3.05) is 43.0 Å². The fraction of sp³-hybridized carbons (Fsp3) is 0.600. The van der Waals surface area contributed by atoms with E-state index in [4.69, 9.17) is 11.6 Å². The molecule has 2 heterocycles. The van der Waals surface area contributed by atoms with Crippen molar-refractivity contribution in [2.24, 2.45) is 0 Å². The van der Waals surface area contributed by atoms with Crippen LogP contribution in [-0.4, -0.2) is 52.6 Å². The Bertz CT molecular complexity index is 373. The number of hydrogen-bond acceptors (Lipinski definition) is 5. The first-order chi connectivity index (χ1) is 8.25. The lowest BCUT2D eigenvalue weighted by atomic mass is 10.4. The van der Waals surface area contributed by atoms with Gasteiger partial charge in [-0.05, 0) is 11.6 Å². The Morgan fingerprint density at radius 2 is 2.24 bits per heavy atom. The first-order valence-corrected chi connectivity index (χ1v) is 7.01. The van der Waals surface area contributed by atoms with Crippen LogP contribution in [0.5, 0.6) is 0 Å². The van der Waals surface area contributed by atoms with Crippen LogP contribution in [0.25, 0.3) is 0 Å². The van der Waals surface area contributed by atoms with E-state index in [9.17, 15) is 4.39 Å². The standard InChI is InChI=1S/C10H14ClFN4S/c11-10-14-7-8(12)9(15-10)13-1-2-16-3-5-17-6-4-16/h7H,1-6H2,(H,13,14,15). The van der Waals surface area contributed by atoms with Gasteiger partial charge in [-0.25, -0.2) is 9.37 Å². The van der Waals surface area contributed by atoms with Crippen molar-refractivity contribution < 1.29 is 4.39 Å². The van der Waals surface area contributed by atoms with E-state index in [1.807, 2.05) is 11.8 Å². The van der Waals surface area contributed by atoms with Crippen LogP contribution in [-0.2, 0) is 0 Å². The van der Waals surface area contributed by atoms with Gasteiger partial charge in [-0.1, -0.05) is 0 Å². The molecule has 17 heavy (non-hydrogen) atoms. The SMILES string of the molecule is Fc1cnc(Cl)nc1NCCN1CCSCC1. The smallest absolute Gasteiger partial charge is 0.224 e. The van der Waals surface area contributed by atoms with Crippen LogP contribution >= 0.6 is 23.4 Å². The predicted molar refractivity (Wildman–Crippen MR) is 69.3 cm³/mol. The van der Waals surface area contributed by atoms with Gasteiger partial charge in [0, 0.05) is 37.7 Å². The number of anilines is 1. The number of rotatable bonds is 4. The van der Waals surface area contributed by atoms with E-state index < -0.39 is 5.82 Å². The summed E-state index contributed by atoms with van der Waals surface area (Å²) in [6.45, 7) is 3.75. The van der Waals surface area contributed by atoms with Gasteiger partial charge < -0.3 is 5.32 Å². The Hall–Kier alpha value is -0.590. The summed E-state index contributed by atoms with van der Waals surface area (Å²) in [6, 6.07) is 0. The minimum atomic E-state index is -0.469. The maximum Gasteiger partial charge on any atom is 0.224 e. The average Bonchev–Trinajstić information content (AvgIpc) is 2.35. The van der Waals surface area contributed by atoms with Gasteiger partial charge in [0.25, 0.3) is 0 Å². The molecule has 0 radical (unpaired) electrons. The second-order valence-corrected chi connectivity index (χ2v) is 5.28. The van der Waals surface area contributed by atoms with Crippen LogP contribution in [0, 0.1) is 5.82 Å². The van der Waals surface area contributed by atoms with Crippen molar-refractivity contribution in [3.05, 3.63) is 17.3 Å². The fourth-order valence-electron chi connectivity index (χ4n) is 1.63. The minimum Gasteiger partial charge on any atom is -0.366 e. The molecule has 0 aliphatic carbocycles. The van der Waals surface area contributed by atoms with Crippen LogP contribution in [0.15, 0.2) is 6.20 Å². The summed E-state index contributed by atoms with van der Waals surface area (Å²) in [5.41, 5.74) is 0. The van der Waals surface area contributed by atoms with Crippen LogP contribution in [0.1, 0.15) is 0 Å². The van der Waals surface area contributed by atoms with Crippen molar-refractivity contribution in [3.63, 3.8) is 0 Å². The summed E-state index contributed by atoms with van der Waals surface area (Å²) < 4.78 is 13.3. The molecule has 0 amide bonds. The molecule has 1 aliphatic heterocycles. The van der Waals surface area contributed by atoms with Gasteiger partial charge in [-0.15, -0.1) is 0 Å². The maximum absolute atomic E-state index is 13.3. The lowest BCUT2D eigenvalue weighted by Gasteiger charge is -2.26. The lowest BCUT2D eigenvalue weighted by molar-refractivity contribution is 0.314. The Kier molecular flexibility index (Phi) is 4.82. The summed E-state index contributed by atoms with van der Waals surface area (Å²) in [6.07, 6.45) is 1.08. The molecule has 1 saturated heterocycles. The molecule has 1 fully saturated rings. The Morgan fingerprint density at radius 1 is 1.47 bits per heavy atom. The quantitative estimate of drug-likeness (QED) is 0.849. The Labute approximate surface area is 109 Å². The number of thioether (sulfide) groups is 1. The van der Waals surface area contributed by atoms with Crippen LogP contribution < -0.4 is 5.32 Å². The van der Waals surface area contributed by atoms with Gasteiger partial charge in [0.15, 0.2) is 11.6 Å². The summed E-state index contributed by atoms with van der Waals surface area (Å²) in [5.74, 6) is 2.06. The molecular weight excluding hydrogens is 263 g/mol. The molecule has 4 nitrogen and oxygen atoms in total. The molecule has 0 spiro atoms. The number of nitrogens with zero attached hydrogens (tertiary/aromatic N) is 3. The molecule has 94 valence electrons. The van der Waals surface area contributed by atoms with Crippen LogP contribution in [0.3, 0.4) is 0 Å². The van der Waals surface area contributed by atoms with Crippen LogP contribution in [0.2, 0.25) is 5.28 Å². The van der Waals surface area contributed by atoms with E-state index in [0.717, 1.165) is 25.8 Å². The Balaban J connectivity index is 1.79. The fourth-order valence-corrected chi connectivity index (χ4v) is 2.74. The topological polar surface area (TPSA) is 41.1 Å². The van der Waals surface area contributed by atoms with E-state index in [0.29, 0.717) is 6.54 Å². The van der Waals surface area contributed by atoms with Gasteiger partial charge >= 0.3 is 0 Å². The van der Waals surface area contributed by atoms with Gasteiger partial charge in [-0.2, -0.15) is 16.7 Å². The molecular formula is C10H14ClFN4S. The molecule has 1 aromatic heterocycles. The highest BCUT2D eigenvalue weighted by atomic mass is 35.5. The van der Waals surface area contributed by atoms with Crippen molar-refractivity contribution >= 4 is 29.2 Å². The second-order valence-electron chi connectivity index (χ2n) is 3.72. The van der Waals surface area contributed by atoms with E-state index >= 15 is 0 Å². The molecule has 2 rings (SSSR count). The monoisotopic (exact) mass is 276 g/mol. The molecule has 0 unspecified atom stereocenters. The van der Waals surface area contributed by atoms with E-state index in [1.54, 1.807) is 0 Å². The number of halogens is 2. The van der Waals surface area contributed by atoms with Crippen molar-refractivity contribution in [3.8, 4) is 0 Å². The third-order valence-corrected chi connectivity index (χ3v) is 3.66. The highest BCUT2D eigenvalue weighted by Crippen LogP contribution is 2.12. The molecule has 0 saturated carbocycles. The van der Waals surface area contributed by atoms with Crippen molar-refractivity contribution in [1.29, 1.82) is 0 Å². The van der Waals surface area contributed by atoms with Gasteiger partial charge in [-0.3, -0.25) is 4.90 Å². The first kappa shape index (κ1) is 12.9. The van der Waals surface area contributed by atoms with Crippen molar-refractivity contribution in [2.45, 2.75) is 0 Å². The van der Waals surface area contributed by atoms with Gasteiger partial charge in [0.05, 0.1) is 6.20 Å². The van der Waals surface area contributed by atoms with E-state index in [2.05, 4.69) is 20.2 Å². The van der Waals surface area contributed by atoms with E-state index in [1.165, 1.54) is 11.5 Å². The summed E-state index contributed by atoms with van der Waals surface area (Å²) in [4.78, 5) is 9.72. The molecule has 1 aliphatic rings. The third-order valence-electron chi connectivity index (χ3n) is 2.54. The normalized spacial score (nSPS) is 17.1. The molecule has 7 heteroatoms. The highest BCUT2D eigenvalue weighted by molar-refractivity contribution is 7.99. The first-order valence-electron chi connectivity index (χ1n) is 5.48. The summed E-state index contributed by atoms with van der Waals surface area (Å²) in [7, 11) is 0. The number of hydrogen-bond donors (Lipinski definition) is 1. The number of aromatic nitrogens is 2. The molecule has 1 N–H and O–H groups in total. The van der Waals surface area contributed by atoms with Gasteiger partial charge in [0.2, 0.25) is 5.28 Å².